The first-order chi connectivity index (χ1) is 12.4. The number of carbonyl (C=O) groups is 2. The fraction of sp³-hybridized carbons (Fsp3) is 0.550. The molecule has 1 aromatic heterocycles. The van der Waals surface area contributed by atoms with Crippen LogP contribution < -0.4 is 5.32 Å². The van der Waals surface area contributed by atoms with Crippen LogP contribution in [0.1, 0.15) is 53.3 Å². The fourth-order valence-corrected chi connectivity index (χ4v) is 3.18. The van der Waals surface area contributed by atoms with E-state index in [1.807, 2.05) is 33.7 Å². The van der Waals surface area contributed by atoms with E-state index in [4.69, 9.17) is 0 Å². The van der Waals surface area contributed by atoms with Crippen molar-refractivity contribution in [2.24, 2.45) is 0 Å². The van der Waals surface area contributed by atoms with Gasteiger partial charge < -0.3 is 14.8 Å². The SMILES string of the molecule is CCC(C)N(C(=O)Cn1c(CNC(C)=O)nc2ccccc21)C(C)CC. The number of nitrogens with one attached hydrogen (secondary N) is 1. The number of rotatable bonds is 8. The summed E-state index contributed by atoms with van der Waals surface area (Å²) in [5.41, 5.74) is 1.74. The number of nitrogens with zero attached hydrogens (tertiary/aromatic N) is 3. The largest absolute Gasteiger partial charge is 0.349 e. The van der Waals surface area contributed by atoms with E-state index in [1.165, 1.54) is 6.92 Å². The van der Waals surface area contributed by atoms with Gasteiger partial charge in [-0.05, 0) is 38.8 Å². The van der Waals surface area contributed by atoms with Crippen molar-refractivity contribution in [3.05, 3.63) is 30.1 Å². The third-order valence-corrected chi connectivity index (χ3v) is 4.94. The van der Waals surface area contributed by atoms with Gasteiger partial charge >= 0.3 is 0 Å². The van der Waals surface area contributed by atoms with Crippen LogP contribution in [0, 0.1) is 0 Å². The maximum atomic E-state index is 13.1. The third kappa shape index (κ3) is 4.42. The Hall–Kier alpha value is -2.37. The molecule has 1 N–H and O–H groups in total. The topological polar surface area (TPSA) is 67.2 Å². The van der Waals surface area contributed by atoms with Crippen LogP contribution in [-0.2, 0) is 22.7 Å². The van der Waals surface area contributed by atoms with Crippen molar-refractivity contribution in [3.8, 4) is 0 Å². The summed E-state index contributed by atoms with van der Waals surface area (Å²) in [6, 6.07) is 8.12. The second-order valence-corrected chi connectivity index (χ2v) is 6.83. The molecule has 2 rings (SSSR count). The highest BCUT2D eigenvalue weighted by atomic mass is 16.2. The van der Waals surface area contributed by atoms with Gasteiger partial charge in [-0.3, -0.25) is 9.59 Å². The molecule has 0 fully saturated rings. The van der Waals surface area contributed by atoms with Gasteiger partial charge in [-0.2, -0.15) is 0 Å². The van der Waals surface area contributed by atoms with E-state index in [2.05, 4.69) is 38.0 Å². The second kappa shape index (κ2) is 8.83. The predicted molar refractivity (Wildman–Crippen MR) is 104 cm³/mol. The van der Waals surface area contributed by atoms with Gasteiger partial charge in [0, 0.05) is 19.0 Å². The zero-order chi connectivity index (χ0) is 19.3. The van der Waals surface area contributed by atoms with Crippen molar-refractivity contribution >= 4 is 22.8 Å². The Balaban J connectivity index is 2.36. The van der Waals surface area contributed by atoms with E-state index in [0.717, 1.165) is 23.9 Å². The summed E-state index contributed by atoms with van der Waals surface area (Å²) in [6.07, 6.45) is 1.83. The molecule has 0 bridgehead atoms. The maximum absolute atomic E-state index is 13.1. The van der Waals surface area contributed by atoms with Gasteiger partial charge in [0.15, 0.2) is 0 Å². The normalized spacial score (nSPS) is 13.4. The average Bonchev–Trinajstić information content (AvgIpc) is 2.97. The summed E-state index contributed by atoms with van der Waals surface area (Å²) in [6.45, 7) is 10.4. The van der Waals surface area contributed by atoms with Crippen molar-refractivity contribution in [3.63, 3.8) is 0 Å². The molecule has 0 aliphatic carbocycles. The molecule has 2 unspecified atom stereocenters. The van der Waals surface area contributed by atoms with Gasteiger partial charge in [0.25, 0.3) is 0 Å². The molecular weight excluding hydrogens is 328 g/mol. The standard InChI is InChI=1S/C20H30N4O2/c1-6-14(3)24(15(4)7-2)20(26)13-23-18-11-9-8-10-17(18)22-19(23)12-21-16(5)25/h8-11,14-15H,6-7,12-13H2,1-5H3,(H,21,25). The molecule has 0 aliphatic rings. The smallest absolute Gasteiger partial charge is 0.243 e. The van der Waals surface area contributed by atoms with Crippen molar-refractivity contribution in [2.45, 2.75) is 72.6 Å². The van der Waals surface area contributed by atoms with Crippen LogP contribution in [0.2, 0.25) is 0 Å². The molecule has 2 aromatic rings. The number of para-hydroxylation sites is 2. The van der Waals surface area contributed by atoms with Gasteiger partial charge in [-0.1, -0.05) is 26.0 Å². The molecule has 6 nitrogen and oxygen atoms in total. The lowest BCUT2D eigenvalue weighted by Crippen LogP contribution is -2.46. The Labute approximate surface area is 155 Å². The first kappa shape index (κ1) is 19.9. The van der Waals surface area contributed by atoms with E-state index in [0.29, 0.717) is 12.4 Å². The highest BCUT2D eigenvalue weighted by Crippen LogP contribution is 2.19. The van der Waals surface area contributed by atoms with Crippen molar-refractivity contribution < 1.29 is 9.59 Å². The summed E-state index contributed by atoms with van der Waals surface area (Å²) >= 11 is 0. The first-order valence-electron chi connectivity index (χ1n) is 9.38. The molecule has 2 amide bonds. The molecule has 0 saturated heterocycles. The molecular formula is C20H30N4O2. The minimum atomic E-state index is -0.115. The maximum Gasteiger partial charge on any atom is 0.243 e. The highest BCUT2D eigenvalue weighted by molar-refractivity contribution is 5.81. The minimum Gasteiger partial charge on any atom is -0.349 e. The van der Waals surface area contributed by atoms with Crippen LogP contribution in [0.5, 0.6) is 0 Å². The quantitative estimate of drug-likeness (QED) is 0.788. The molecule has 142 valence electrons. The monoisotopic (exact) mass is 358 g/mol. The first-order valence-corrected chi connectivity index (χ1v) is 9.38. The van der Waals surface area contributed by atoms with Gasteiger partial charge in [0.05, 0.1) is 17.6 Å². The number of amides is 2. The predicted octanol–water partition coefficient (Wildman–Crippen LogP) is 3.10. The Morgan fingerprint density at radius 2 is 1.77 bits per heavy atom. The second-order valence-electron chi connectivity index (χ2n) is 6.83. The van der Waals surface area contributed by atoms with Crippen LogP contribution in [0.4, 0.5) is 0 Å². The van der Waals surface area contributed by atoms with Gasteiger partial charge in [0.2, 0.25) is 11.8 Å². The third-order valence-electron chi connectivity index (χ3n) is 4.94. The van der Waals surface area contributed by atoms with E-state index in [-0.39, 0.29) is 30.4 Å². The van der Waals surface area contributed by atoms with Crippen LogP contribution in [-0.4, -0.2) is 38.3 Å². The average molecular weight is 358 g/mol. The molecule has 0 saturated carbocycles. The zero-order valence-corrected chi connectivity index (χ0v) is 16.5. The Bertz CT molecular complexity index is 758. The van der Waals surface area contributed by atoms with E-state index in [9.17, 15) is 9.59 Å². The number of fused-ring (bicyclic) bond motifs is 1. The highest BCUT2D eigenvalue weighted by Gasteiger charge is 2.25. The van der Waals surface area contributed by atoms with Crippen molar-refractivity contribution in [1.82, 2.24) is 19.8 Å². The lowest BCUT2D eigenvalue weighted by molar-refractivity contribution is -0.136. The van der Waals surface area contributed by atoms with Gasteiger partial charge in [0.1, 0.15) is 12.4 Å². The number of hydrogen-bond donors (Lipinski definition) is 1. The van der Waals surface area contributed by atoms with E-state index in [1.54, 1.807) is 0 Å². The summed E-state index contributed by atoms with van der Waals surface area (Å²) in [4.78, 5) is 31.0. The summed E-state index contributed by atoms with van der Waals surface area (Å²) in [5, 5.41) is 2.79. The van der Waals surface area contributed by atoms with Crippen molar-refractivity contribution in [2.75, 3.05) is 0 Å². The zero-order valence-electron chi connectivity index (χ0n) is 16.5. The number of benzene rings is 1. The van der Waals surface area contributed by atoms with E-state index < -0.39 is 0 Å². The number of carbonyl (C=O) groups excluding carboxylic acids is 2. The number of aromatic nitrogens is 2. The van der Waals surface area contributed by atoms with Crippen molar-refractivity contribution in [1.29, 1.82) is 0 Å². The fourth-order valence-electron chi connectivity index (χ4n) is 3.18. The van der Waals surface area contributed by atoms with Crippen LogP contribution in [0.15, 0.2) is 24.3 Å². The number of hydrogen-bond acceptors (Lipinski definition) is 3. The summed E-state index contributed by atoms with van der Waals surface area (Å²) in [7, 11) is 0. The minimum absolute atomic E-state index is 0.0842. The molecule has 1 heterocycles. The van der Waals surface area contributed by atoms with Gasteiger partial charge in [-0.25, -0.2) is 4.98 Å². The molecule has 0 spiro atoms. The molecule has 1 aromatic carbocycles. The van der Waals surface area contributed by atoms with E-state index >= 15 is 0 Å². The Kier molecular flexibility index (Phi) is 6.77. The van der Waals surface area contributed by atoms with Crippen LogP contribution in [0.25, 0.3) is 11.0 Å². The van der Waals surface area contributed by atoms with Crippen LogP contribution >= 0.6 is 0 Å². The van der Waals surface area contributed by atoms with Gasteiger partial charge in [-0.15, -0.1) is 0 Å². The Morgan fingerprint density at radius 3 is 2.35 bits per heavy atom. The molecule has 6 heteroatoms. The molecule has 26 heavy (non-hydrogen) atoms. The lowest BCUT2D eigenvalue weighted by Gasteiger charge is -2.34. The molecule has 0 aliphatic heterocycles. The number of imidazole rings is 1. The summed E-state index contributed by atoms with van der Waals surface area (Å²) < 4.78 is 1.92. The Morgan fingerprint density at radius 1 is 1.15 bits per heavy atom. The lowest BCUT2D eigenvalue weighted by atomic mass is 10.1. The van der Waals surface area contributed by atoms with Crippen LogP contribution in [0.3, 0.4) is 0 Å². The summed E-state index contributed by atoms with van der Waals surface area (Å²) in [5.74, 6) is 0.666. The molecule has 0 radical (unpaired) electrons. The molecule has 2 atom stereocenters.